The number of carbonyl (C=O) groups is 1. The van der Waals surface area contributed by atoms with E-state index >= 15 is 0 Å². The lowest BCUT2D eigenvalue weighted by atomic mass is 10.0. The topological polar surface area (TPSA) is 35.5 Å². The van der Waals surface area contributed by atoms with Crippen molar-refractivity contribution in [2.45, 2.75) is 110 Å². The lowest BCUT2D eigenvalue weighted by Gasteiger charge is -2.14. The Kier molecular flexibility index (Phi) is 14.6. The molecule has 0 fully saturated rings. The molecule has 0 aliphatic carbocycles. The van der Waals surface area contributed by atoms with Crippen LogP contribution in [-0.2, 0) is 11.2 Å². The molecule has 0 saturated heterocycles. The first-order chi connectivity index (χ1) is 19.6. The highest BCUT2D eigenvalue weighted by Crippen LogP contribution is 2.26. The smallest absolute Gasteiger partial charge is 0.343 e. The second kappa shape index (κ2) is 18.4. The van der Waals surface area contributed by atoms with Crippen LogP contribution in [0, 0.1) is 0 Å². The van der Waals surface area contributed by atoms with Crippen molar-refractivity contribution in [3.05, 3.63) is 89.5 Å². The minimum Gasteiger partial charge on any atom is -0.423 e. The van der Waals surface area contributed by atoms with E-state index in [1.165, 1.54) is 69.8 Å². The fourth-order valence-corrected chi connectivity index (χ4v) is 5.05. The van der Waals surface area contributed by atoms with Crippen LogP contribution in [0.4, 0.5) is 0 Å². The summed E-state index contributed by atoms with van der Waals surface area (Å²) in [5.41, 5.74) is 5.05. The zero-order chi connectivity index (χ0) is 28.4. The maximum Gasteiger partial charge on any atom is 0.343 e. The molecule has 0 saturated carbocycles. The minimum atomic E-state index is -0.314. The van der Waals surface area contributed by atoms with Crippen molar-refractivity contribution in [3.8, 4) is 16.9 Å². The number of ether oxygens (including phenoxy) is 2. The van der Waals surface area contributed by atoms with Gasteiger partial charge in [-0.05, 0) is 66.6 Å². The molecule has 3 rings (SSSR count). The molecule has 3 nitrogen and oxygen atoms in total. The highest BCUT2D eigenvalue weighted by Gasteiger charge is 2.12. The van der Waals surface area contributed by atoms with Crippen LogP contribution in [0.25, 0.3) is 11.1 Å². The first kappa shape index (κ1) is 31.6. The summed E-state index contributed by atoms with van der Waals surface area (Å²) in [4.78, 5) is 12.9. The van der Waals surface area contributed by atoms with Crippen LogP contribution in [0.5, 0.6) is 5.75 Å². The van der Waals surface area contributed by atoms with Gasteiger partial charge in [-0.1, -0.05) is 133 Å². The molecule has 0 aromatic heterocycles. The van der Waals surface area contributed by atoms with Crippen molar-refractivity contribution in [2.24, 2.45) is 0 Å². The van der Waals surface area contributed by atoms with E-state index in [-0.39, 0.29) is 12.1 Å². The highest BCUT2D eigenvalue weighted by atomic mass is 16.5. The number of carbonyl (C=O) groups excluding carboxylic acids is 1. The number of rotatable bonds is 19. The van der Waals surface area contributed by atoms with E-state index in [0.29, 0.717) is 11.3 Å². The normalized spacial score (nSPS) is 11.9. The number of aryl methyl sites for hydroxylation is 1. The van der Waals surface area contributed by atoms with Gasteiger partial charge in [0.25, 0.3) is 0 Å². The van der Waals surface area contributed by atoms with E-state index in [4.69, 9.17) is 9.47 Å². The van der Waals surface area contributed by atoms with Crippen LogP contribution in [0.15, 0.2) is 72.8 Å². The van der Waals surface area contributed by atoms with E-state index in [9.17, 15) is 4.79 Å². The van der Waals surface area contributed by atoms with Gasteiger partial charge in [-0.2, -0.15) is 0 Å². The third-order valence-electron chi connectivity index (χ3n) is 7.67. The molecule has 0 amide bonds. The summed E-state index contributed by atoms with van der Waals surface area (Å²) in [6, 6.07) is 24.1. The predicted octanol–water partition coefficient (Wildman–Crippen LogP) is 10.9. The Labute approximate surface area is 243 Å². The Morgan fingerprint density at radius 3 is 1.85 bits per heavy atom. The van der Waals surface area contributed by atoms with Gasteiger partial charge in [0.15, 0.2) is 0 Å². The Bertz CT molecular complexity index is 1100. The third kappa shape index (κ3) is 10.9. The summed E-state index contributed by atoms with van der Waals surface area (Å²) in [5.74, 6) is 0.354. The standard InChI is InChI=1S/C37H50O3/c1-4-6-8-10-11-12-13-17-29-39-30(3)31-21-23-32(24-22-31)33-25-27-35(28-26-33)37(38)40-36-20-16-15-19-34(36)18-14-9-7-5-2/h15-16,19-28,30H,4-14,17-18,29H2,1-3H3. The largest absolute Gasteiger partial charge is 0.423 e. The highest BCUT2D eigenvalue weighted by molar-refractivity contribution is 5.91. The lowest BCUT2D eigenvalue weighted by molar-refractivity contribution is 0.0627. The third-order valence-corrected chi connectivity index (χ3v) is 7.67. The van der Waals surface area contributed by atoms with Gasteiger partial charge < -0.3 is 9.47 Å². The first-order valence-corrected chi connectivity index (χ1v) is 15.7. The van der Waals surface area contributed by atoms with Crippen LogP contribution in [0.2, 0.25) is 0 Å². The summed E-state index contributed by atoms with van der Waals surface area (Å²) in [5, 5.41) is 0. The zero-order valence-electron chi connectivity index (χ0n) is 25.1. The summed E-state index contributed by atoms with van der Waals surface area (Å²) >= 11 is 0. The maximum atomic E-state index is 12.9. The Morgan fingerprint density at radius 1 is 0.650 bits per heavy atom. The fourth-order valence-electron chi connectivity index (χ4n) is 5.05. The molecule has 40 heavy (non-hydrogen) atoms. The molecule has 0 aliphatic heterocycles. The molecule has 3 heteroatoms. The number of esters is 1. The molecule has 216 valence electrons. The number of hydrogen-bond acceptors (Lipinski definition) is 3. The molecule has 1 atom stereocenters. The van der Waals surface area contributed by atoms with Crippen molar-refractivity contribution >= 4 is 5.97 Å². The molecule has 3 aromatic carbocycles. The molecule has 0 heterocycles. The summed E-state index contributed by atoms with van der Waals surface area (Å²) in [6.07, 6.45) is 16.3. The van der Waals surface area contributed by atoms with Gasteiger partial charge in [-0.15, -0.1) is 0 Å². The number of benzene rings is 3. The van der Waals surface area contributed by atoms with E-state index in [0.717, 1.165) is 42.6 Å². The fraction of sp³-hybridized carbons (Fsp3) is 0.486. The average Bonchev–Trinajstić information content (AvgIpc) is 2.99. The van der Waals surface area contributed by atoms with Crippen molar-refractivity contribution in [2.75, 3.05) is 6.61 Å². The number of unbranched alkanes of at least 4 members (excludes halogenated alkanes) is 10. The predicted molar refractivity (Wildman–Crippen MR) is 168 cm³/mol. The number of para-hydroxylation sites is 1. The van der Waals surface area contributed by atoms with E-state index in [1.54, 1.807) is 0 Å². The van der Waals surface area contributed by atoms with Crippen LogP contribution in [0.1, 0.15) is 125 Å². The van der Waals surface area contributed by atoms with Crippen LogP contribution in [0.3, 0.4) is 0 Å². The monoisotopic (exact) mass is 542 g/mol. The van der Waals surface area contributed by atoms with Gasteiger partial charge in [-0.3, -0.25) is 0 Å². The van der Waals surface area contributed by atoms with Gasteiger partial charge in [0.1, 0.15) is 5.75 Å². The van der Waals surface area contributed by atoms with Crippen molar-refractivity contribution in [3.63, 3.8) is 0 Å². The Balaban J connectivity index is 1.46. The molecule has 3 aromatic rings. The number of hydrogen-bond donors (Lipinski definition) is 0. The molecule has 1 unspecified atom stereocenters. The van der Waals surface area contributed by atoms with Gasteiger partial charge in [-0.25, -0.2) is 4.79 Å². The van der Waals surface area contributed by atoms with Gasteiger partial charge in [0.05, 0.1) is 11.7 Å². The summed E-state index contributed by atoms with van der Waals surface area (Å²) in [6.45, 7) is 7.42. The molecule has 0 N–H and O–H groups in total. The Hall–Kier alpha value is -2.91. The van der Waals surface area contributed by atoms with Crippen molar-refractivity contribution in [1.29, 1.82) is 0 Å². The second-order valence-electron chi connectivity index (χ2n) is 11.0. The van der Waals surface area contributed by atoms with Crippen molar-refractivity contribution < 1.29 is 14.3 Å². The van der Waals surface area contributed by atoms with E-state index in [2.05, 4.69) is 51.1 Å². The first-order valence-electron chi connectivity index (χ1n) is 15.7. The average molecular weight is 543 g/mol. The molecule has 0 spiro atoms. The lowest BCUT2D eigenvalue weighted by Crippen LogP contribution is -2.09. The van der Waals surface area contributed by atoms with Crippen LogP contribution >= 0.6 is 0 Å². The molecular weight excluding hydrogens is 492 g/mol. The van der Waals surface area contributed by atoms with E-state index in [1.807, 2.05) is 42.5 Å². The SMILES string of the molecule is CCCCCCCCCCOC(C)c1ccc(-c2ccc(C(=O)Oc3ccccc3CCCCCC)cc2)cc1. The van der Waals surface area contributed by atoms with Gasteiger partial charge >= 0.3 is 5.97 Å². The van der Waals surface area contributed by atoms with Gasteiger partial charge in [0.2, 0.25) is 0 Å². The molecule has 0 bridgehead atoms. The maximum absolute atomic E-state index is 12.9. The van der Waals surface area contributed by atoms with Crippen molar-refractivity contribution in [1.82, 2.24) is 0 Å². The van der Waals surface area contributed by atoms with Crippen LogP contribution < -0.4 is 4.74 Å². The summed E-state index contributed by atoms with van der Waals surface area (Å²) in [7, 11) is 0. The minimum absolute atomic E-state index is 0.0882. The quantitative estimate of drug-likeness (QED) is 0.0858. The van der Waals surface area contributed by atoms with Crippen LogP contribution in [-0.4, -0.2) is 12.6 Å². The molecular formula is C37H50O3. The molecule has 0 radical (unpaired) electrons. The summed E-state index contributed by atoms with van der Waals surface area (Å²) < 4.78 is 11.9. The molecule has 0 aliphatic rings. The Morgan fingerprint density at radius 2 is 1.20 bits per heavy atom. The van der Waals surface area contributed by atoms with E-state index < -0.39 is 0 Å². The zero-order valence-corrected chi connectivity index (χ0v) is 25.1. The van der Waals surface area contributed by atoms with Gasteiger partial charge in [0, 0.05) is 6.61 Å². The second-order valence-corrected chi connectivity index (χ2v) is 11.0.